The minimum Gasteiger partial charge on any atom is -0.478 e. The zero-order chi connectivity index (χ0) is 21.4. The van der Waals surface area contributed by atoms with Gasteiger partial charge in [0.25, 0.3) is 0 Å². The molecular formula is C28H30O3. The molecule has 0 amide bonds. The molecule has 4 bridgehead atoms. The van der Waals surface area contributed by atoms with Gasteiger partial charge in [0.2, 0.25) is 0 Å². The van der Waals surface area contributed by atoms with Gasteiger partial charge >= 0.3 is 5.97 Å². The Morgan fingerprint density at radius 2 is 1.48 bits per heavy atom. The SMILES string of the molecule is O=C(O)c1ccc(C#Cc2ccc(CCCO)c(C34CC5CC(CC(C5)C3)C4)c2)cc1. The van der Waals surface area contributed by atoms with Crippen LogP contribution in [0.2, 0.25) is 0 Å². The van der Waals surface area contributed by atoms with Crippen LogP contribution in [-0.4, -0.2) is 22.8 Å². The molecule has 0 atom stereocenters. The lowest BCUT2D eigenvalue weighted by Gasteiger charge is -2.57. The molecule has 4 aliphatic carbocycles. The summed E-state index contributed by atoms with van der Waals surface area (Å²) in [7, 11) is 0. The third kappa shape index (κ3) is 4.02. The predicted molar refractivity (Wildman–Crippen MR) is 121 cm³/mol. The first kappa shape index (κ1) is 20.3. The zero-order valence-corrected chi connectivity index (χ0v) is 17.9. The van der Waals surface area contributed by atoms with E-state index in [-0.39, 0.29) is 12.2 Å². The summed E-state index contributed by atoms with van der Waals surface area (Å²) in [5, 5.41) is 18.5. The number of carboxylic acid groups (broad SMARTS) is 1. The van der Waals surface area contributed by atoms with E-state index in [1.54, 1.807) is 24.3 Å². The van der Waals surface area contributed by atoms with E-state index in [0.717, 1.165) is 41.7 Å². The number of aryl methyl sites for hydroxylation is 1. The van der Waals surface area contributed by atoms with Crippen molar-refractivity contribution in [2.75, 3.05) is 6.61 Å². The highest BCUT2D eigenvalue weighted by atomic mass is 16.4. The molecule has 4 fully saturated rings. The molecule has 0 aromatic heterocycles. The Hall–Kier alpha value is -2.57. The number of hydrogen-bond donors (Lipinski definition) is 2. The van der Waals surface area contributed by atoms with Crippen LogP contribution in [-0.2, 0) is 11.8 Å². The Morgan fingerprint density at radius 1 is 0.903 bits per heavy atom. The van der Waals surface area contributed by atoms with Crippen LogP contribution in [0.1, 0.15) is 77.6 Å². The monoisotopic (exact) mass is 414 g/mol. The number of benzene rings is 2. The third-order valence-corrected chi connectivity index (χ3v) is 7.81. The van der Waals surface area contributed by atoms with E-state index in [1.165, 1.54) is 49.7 Å². The zero-order valence-electron chi connectivity index (χ0n) is 17.9. The molecule has 2 aromatic rings. The molecule has 3 heteroatoms. The minimum absolute atomic E-state index is 0.230. The summed E-state index contributed by atoms with van der Waals surface area (Å²) in [6.45, 7) is 0.230. The van der Waals surface area contributed by atoms with Gasteiger partial charge in [-0.15, -0.1) is 0 Å². The van der Waals surface area contributed by atoms with Crippen LogP contribution in [0.3, 0.4) is 0 Å². The Morgan fingerprint density at radius 3 is 2.06 bits per heavy atom. The normalized spacial score (nSPS) is 28.2. The van der Waals surface area contributed by atoms with Crippen LogP contribution in [0.5, 0.6) is 0 Å². The summed E-state index contributed by atoms with van der Waals surface area (Å²) >= 11 is 0. The van der Waals surface area contributed by atoms with Crippen LogP contribution in [0.25, 0.3) is 0 Å². The lowest BCUT2D eigenvalue weighted by molar-refractivity contribution is -0.00561. The van der Waals surface area contributed by atoms with Gasteiger partial charge in [-0.2, -0.15) is 0 Å². The third-order valence-electron chi connectivity index (χ3n) is 7.81. The van der Waals surface area contributed by atoms with Crippen LogP contribution in [0.4, 0.5) is 0 Å². The van der Waals surface area contributed by atoms with Gasteiger partial charge in [-0.05, 0) is 122 Å². The molecule has 4 aliphatic rings. The van der Waals surface area contributed by atoms with Crippen molar-refractivity contribution < 1.29 is 15.0 Å². The average Bonchev–Trinajstić information content (AvgIpc) is 2.76. The minimum atomic E-state index is -0.918. The van der Waals surface area contributed by atoms with E-state index in [2.05, 4.69) is 30.0 Å². The average molecular weight is 415 g/mol. The van der Waals surface area contributed by atoms with E-state index in [9.17, 15) is 9.90 Å². The highest BCUT2D eigenvalue weighted by Crippen LogP contribution is 2.61. The number of aromatic carboxylic acids is 1. The molecule has 2 aromatic carbocycles. The van der Waals surface area contributed by atoms with Gasteiger partial charge in [0.15, 0.2) is 0 Å². The van der Waals surface area contributed by atoms with Gasteiger partial charge in [-0.3, -0.25) is 0 Å². The molecule has 2 N–H and O–H groups in total. The van der Waals surface area contributed by atoms with E-state index in [0.29, 0.717) is 5.41 Å². The molecule has 0 radical (unpaired) electrons. The summed E-state index contributed by atoms with van der Waals surface area (Å²) in [6, 6.07) is 13.4. The van der Waals surface area contributed by atoms with Gasteiger partial charge in [-0.25, -0.2) is 4.79 Å². The summed E-state index contributed by atoms with van der Waals surface area (Å²) in [5.41, 5.74) is 5.33. The Kier molecular flexibility index (Phi) is 5.36. The molecule has 0 heterocycles. The van der Waals surface area contributed by atoms with Crippen LogP contribution in [0, 0.1) is 29.6 Å². The van der Waals surface area contributed by atoms with Crippen molar-refractivity contribution >= 4 is 5.97 Å². The van der Waals surface area contributed by atoms with Crippen molar-refractivity contribution in [3.05, 3.63) is 70.3 Å². The summed E-state index contributed by atoms with van der Waals surface area (Å²) < 4.78 is 0. The van der Waals surface area contributed by atoms with Gasteiger partial charge in [0, 0.05) is 17.7 Å². The fourth-order valence-corrected chi connectivity index (χ4v) is 6.92. The fraction of sp³-hybridized carbons (Fsp3) is 0.464. The molecule has 0 spiro atoms. The summed E-state index contributed by atoms with van der Waals surface area (Å²) in [6.07, 6.45) is 9.97. The second kappa shape index (κ2) is 8.17. The van der Waals surface area contributed by atoms with Crippen LogP contribution in [0.15, 0.2) is 42.5 Å². The summed E-state index contributed by atoms with van der Waals surface area (Å²) in [4.78, 5) is 11.0. The number of carbonyl (C=O) groups is 1. The number of hydrogen-bond acceptors (Lipinski definition) is 2. The van der Waals surface area contributed by atoms with Crippen LogP contribution >= 0.6 is 0 Å². The van der Waals surface area contributed by atoms with E-state index >= 15 is 0 Å². The number of rotatable bonds is 5. The van der Waals surface area contributed by atoms with Crippen LogP contribution < -0.4 is 0 Å². The molecule has 6 rings (SSSR count). The van der Waals surface area contributed by atoms with E-state index in [1.807, 2.05) is 0 Å². The van der Waals surface area contributed by atoms with Crippen molar-refractivity contribution in [3.63, 3.8) is 0 Å². The Labute approximate surface area is 184 Å². The maximum Gasteiger partial charge on any atom is 0.335 e. The number of aliphatic hydroxyl groups is 1. The molecular weight excluding hydrogens is 384 g/mol. The maximum atomic E-state index is 11.0. The quantitative estimate of drug-likeness (QED) is 0.663. The highest BCUT2D eigenvalue weighted by molar-refractivity contribution is 5.87. The smallest absolute Gasteiger partial charge is 0.335 e. The Balaban J connectivity index is 1.48. The predicted octanol–water partition coefficient (Wildman–Crippen LogP) is 5.18. The second-order valence-electron chi connectivity index (χ2n) is 10.0. The number of carboxylic acids is 1. The molecule has 31 heavy (non-hydrogen) atoms. The molecule has 0 saturated heterocycles. The van der Waals surface area contributed by atoms with Crippen molar-refractivity contribution in [1.82, 2.24) is 0 Å². The first-order valence-electron chi connectivity index (χ1n) is 11.6. The molecule has 0 aliphatic heterocycles. The molecule has 4 saturated carbocycles. The van der Waals surface area contributed by atoms with Gasteiger partial charge < -0.3 is 10.2 Å². The fourth-order valence-electron chi connectivity index (χ4n) is 6.92. The summed E-state index contributed by atoms with van der Waals surface area (Å²) in [5.74, 6) is 8.27. The largest absolute Gasteiger partial charge is 0.478 e. The maximum absolute atomic E-state index is 11.0. The number of aliphatic hydroxyl groups excluding tert-OH is 1. The molecule has 160 valence electrons. The van der Waals surface area contributed by atoms with Gasteiger partial charge in [-0.1, -0.05) is 17.9 Å². The van der Waals surface area contributed by atoms with Crippen molar-refractivity contribution in [3.8, 4) is 11.8 Å². The first-order valence-corrected chi connectivity index (χ1v) is 11.6. The van der Waals surface area contributed by atoms with Crippen molar-refractivity contribution in [2.45, 2.75) is 56.8 Å². The topological polar surface area (TPSA) is 57.5 Å². The highest BCUT2D eigenvalue weighted by Gasteiger charge is 2.52. The van der Waals surface area contributed by atoms with E-state index < -0.39 is 5.97 Å². The van der Waals surface area contributed by atoms with Crippen molar-refractivity contribution in [1.29, 1.82) is 0 Å². The first-order chi connectivity index (χ1) is 15.0. The second-order valence-corrected chi connectivity index (χ2v) is 10.0. The Bertz CT molecular complexity index is 1000. The van der Waals surface area contributed by atoms with E-state index in [4.69, 9.17) is 5.11 Å². The standard InChI is InChI=1S/C28H30O3/c29-11-1-2-24-8-7-20(4-3-19-5-9-25(10-6-19)27(30)31)15-26(24)28-16-21-12-22(17-28)14-23(13-21)18-28/h5-10,15,21-23,29H,1-2,11-14,16-18H2,(H,30,31). The van der Waals surface area contributed by atoms with Gasteiger partial charge in [0.05, 0.1) is 5.56 Å². The van der Waals surface area contributed by atoms with Gasteiger partial charge in [0.1, 0.15) is 0 Å². The molecule has 3 nitrogen and oxygen atoms in total. The lowest BCUT2D eigenvalue weighted by atomic mass is 9.47. The van der Waals surface area contributed by atoms with Crippen molar-refractivity contribution in [2.24, 2.45) is 17.8 Å². The molecule has 0 unspecified atom stereocenters. The lowest BCUT2D eigenvalue weighted by Crippen LogP contribution is -2.49.